The van der Waals surface area contributed by atoms with Gasteiger partial charge in [0.1, 0.15) is 12.7 Å². The lowest BCUT2D eigenvalue weighted by Gasteiger charge is -2.31. The Morgan fingerprint density at radius 1 is 1.17 bits per heavy atom. The van der Waals surface area contributed by atoms with E-state index in [9.17, 15) is 19.3 Å². The summed E-state index contributed by atoms with van der Waals surface area (Å²) < 4.78 is 14.9. The molecular weight excluding hydrogens is 395 g/mol. The highest BCUT2D eigenvalue weighted by atomic mass is 19.1. The van der Waals surface area contributed by atoms with Gasteiger partial charge < -0.3 is 10.2 Å². The van der Waals surface area contributed by atoms with Crippen molar-refractivity contribution in [3.8, 4) is 5.82 Å². The van der Waals surface area contributed by atoms with Gasteiger partial charge in [-0.2, -0.15) is 9.49 Å². The second-order valence-electron chi connectivity index (χ2n) is 6.76. The molecule has 2 aromatic heterocycles. The lowest BCUT2D eigenvalue weighted by atomic mass is 9.96. The Kier molecular flexibility index (Phi) is 5.28. The Morgan fingerprint density at radius 2 is 1.90 bits per heavy atom. The maximum atomic E-state index is 13.4. The minimum Gasteiger partial charge on any atom is -0.355 e. The molecule has 12 heteroatoms. The van der Waals surface area contributed by atoms with E-state index in [1.54, 1.807) is 6.07 Å². The molecular formula is C18H17FN8O3. The first-order valence-corrected chi connectivity index (χ1v) is 9.20. The van der Waals surface area contributed by atoms with Crippen LogP contribution >= 0.6 is 0 Å². The lowest BCUT2D eigenvalue weighted by Crippen LogP contribution is -2.38. The average Bonchev–Trinajstić information content (AvgIpc) is 3.30. The van der Waals surface area contributed by atoms with Crippen molar-refractivity contribution in [2.24, 2.45) is 5.92 Å². The highest BCUT2D eigenvalue weighted by molar-refractivity contribution is 5.93. The fourth-order valence-electron chi connectivity index (χ4n) is 3.28. The molecule has 3 aromatic rings. The summed E-state index contributed by atoms with van der Waals surface area (Å²) in [7, 11) is 0. The molecule has 1 aliphatic heterocycles. The number of benzene rings is 1. The van der Waals surface area contributed by atoms with Crippen LogP contribution in [0.3, 0.4) is 0 Å². The maximum Gasteiger partial charge on any atom is 0.306 e. The van der Waals surface area contributed by atoms with Gasteiger partial charge in [-0.3, -0.25) is 14.9 Å². The molecule has 1 aliphatic rings. The molecule has 0 atom stereocenters. The number of rotatable bonds is 5. The second kappa shape index (κ2) is 8.19. The average molecular weight is 412 g/mol. The number of carbonyl (C=O) groups is 1. The van der Waals surface area contributed by atoms with E-state index in [0.717, 1.165) is 12.1 Å². The third kappa shape index (κ3) is 4.06. The van der Waals surface area contributed by atoms with Gasteiger partial charge in [-0.1, -0.05) is 0 Å². The van der Waals surface area contributed by atoms with Crippen LogP contribution in [0.1, 0.15) is 12.8 Å². The number of hydrogen-bond acceptors (Lipinski definition) is 8. The smallest absolute Gasteiger partial charge is 0.306 e. The summed E-state index contributed by atoms with van der Waals surface area (Å²) in [5, 5.41) is 25.8. The number of aromatic nitrogens is 5. The Hall–Kier alpha value is -3.96. The second-order valence-corrected chi connectivity index (χ2v) is 6.76. The van der Waals surface area contributed by atoms with Crippen LogP contribution in [0.2, 0.25) is 0 Å². The number of hydrogen-bond donors (Lipinski definition) is 1. The number of anilines is 2. The first-order chi connectivity index (χ1) is 14.5. The summed E-state index contributed by atoms with van der Waals surface area (Å²) in [6, 6.07) is 6.92. The SMILES string of the molecule is O=C(Nc1ccc(F)c([N+](=O)[O-])c1)C1CCN(c2ccc(-n3cncn3)nn2)CC1. The third-order valence-electron chi connectivity index (χ3n) is 4.89. The van der Waals surface area contributed by atoms with Crippen LogP contribution < -0.4 is 10.2 Å². The van der Waals surface area contributed by atoms with Crippen molar-refractivity contribution in [3.05, 3.63) is 58.9 Å². The molecule has 30 heavy (non-hydrogen) atoms. The van der Waals surface area contributed by atoms with Crippen molar-refractivity contribution in [3.63, 3.8) is 0 Å². The molecule has 1 N–H and O–H groups in total. The van der Waals surface area contributed by atoms with E-state index in [1.165, 1.54) is 23.4 Å². The molecule has 11 nitrogen and oxygen atoms in total. The predicted molar refractivity (Wildman–Crippen MR) is 104 cm³/mol. The van der Waals surface area contributed by atoms with Crippen LogP contribution in [0.5, 0.6) is 0 Å². The topological polar surface area (TPSA) is 132 Å². The van der Waals surface area contributed by atoms with E-state index >= 15 is 0 Å². The van der Waals surface area contributed by atoms with Gasteiger partial charge in [-0.15, -0.1) is 10.2 Å². The Bertz CT molecular complexity index is 1050. The summed E-state index contributed by atoms with van der Waals surface area (Å²) in [5.41, 5.74) is -0.472. The fourth-order valence-corrected chi connectivity index (χ4v) is 3.28. The molecule has 0 saturated carbocycles. The largest absolute Gasteiger partial charge is 0.355 e. The first kappa shape index (κ1) is 19.4. The van der Waals surface area contributed by atoms with E-state index in [1.807, 2.05) is 11.0 Å². The quantitative estimate of drug-likeness (QED) is 0.497. The van der Waals surface area contributed by atoms with Gasteiger partial charge in [0.05, 0.1) is 4.92 Å². The van der Waals surface area contributed by atoms with Crippen LogP contribution in [0.15, 0.2) is 43.0 Å². The summed E-state index contributed by atoms with van der Waals surface area (Å²) in [6.45, 7) is 1.22. The van der Waals surface area contributed by atoms with E-state index < -0.39 is 16.4 Å². The maximum absolute atomic E-state index is 13.4. The molecule has 0 radical (unpaired) electrons. The number of carbonyl (C=O) groups excluding carboxylic acids is 1. The molecule has 154 valence electrons. The molecule has 0 aliphatic carbocycles. The monoisotopic (exact) mass is 412 g/mol. The molecule has 1 amide bonds. The molecule has 0 unspecified atom stereocenters. The minimum atomic E-state index is -0.942. The zero-order chi connectivity index (χ0) is 21.1. The highest BCUT2D eigenvalue weighted by Crippen LogP contribution is 2.25. The van der Waals surface area contributed by atoms with Crippen molar-refractivity contribution in [2.45, 2.75) is 12.8 Å². The molecule has 0 spiro atoms. The normalized spacial score (nSPS) is 14.5. The molecule has 0 bridgehead atoms. The van der Waals surface area contributed by atoms with E-state index in [4.69, 9.17) is 0 Å². The molecule has 3 heterocycles. The molecule has 4 rings (SSSR count). The summed E-state index contributed by atoms with van der Waals surface area (Å²) in [6.07, 6.45) is 4.11. The van der Waals surface area contributed by atoms with Gasteiger partial charge in [0.15, 0.2) is 11.6 Å². The Labute approximate surface area is 169 Å². The lowest BCUT2D eigenvalue weighted by molar-refractivity contribution is -0.387. The van der Waals surface area contributed by atoms with Crippen LogP contribution in [0.25, 0.3) is 5.82 Å². The number of halogens is 1. The van der Waals surface area contributed by atoms with Crippen molar-refractivity contribution in [1.29, 1.82) is 0 Å². The zero-order valence-electron chi connectivity index (χ0n) is 15.7. The number of piperidine rings is 1. The van der Waals surface area contributed by atoms with Crippen molar-refractivity contribution in [1.82, 2.24) is 25.0 Å². The Balaban J connectivity index is 1.34. The summed E-state index contributed by atoms with van der Waals surface area (Å²) >= 11 is 0. The zero-order valence-corrected chi connectivity index (χ0v) is 15.7. The van der Waals surface area contributed by atoms with Gasteiger partial charge in [0.25, 0.3) is 0 Å². The number of nitrogens with zero attached hydrogens (tertiary/aromatic N) is 7. The van der Waals surface area contributed by atoms with Gasteiger partial charge in [0, 0.05) is 30.8 Å². The van der Waals surface area contributed by atoms with Crippen LogP contribution in [0.4, 0.5) is 21.6 Å². The van der Waals surface area contributed by atoms with E-state index in [0.29, 0.717) is 37.6 Å². The van der Waals surface area contributed by atoms with Gasteiger partial charge in [-0.25, -0.2) is 9.67 Å². The standard InChI is InChI=1S/C18H17FN8O3/c19-14-2-1-13(9-15(14)27(29)30)22-18(28)12-5-7-25(8-6-12)16-3-4-17(24-23-16)26-11-20-10-21-26/h1-4,9-12H,5-8H2,(H,22,28). The number of nitro groups is 1. The van der Waals surface area contributed by atoms with E-state index in [-0.39, 0.29) is 17.5 Å². The van der Waals surface area contributed by atoms with Crippen LogP contribution in [-0.4, -0.2) is 48.9 Å². The molecule has 1 fully saturated rings. The van der Waals surface area contributed by atoms with Gasteiger partial charge in [0.2, 0.25) is 11.7 Å². The Morgan fingerprint density at radius 3 is 2.53 bits per heavy atom. The molecule has 1 saturated heterocycles. The highest BCUT2D eigenvalue weighted by Gasteiger charge is 2.26. The summed E-state index contributed by atoms with van der Waals surface area (Å²) in [4.78, 5) is 28.4. The van der Waals surface area contributed by atoms with Crippen LogP contribution in [-0.2, 0) is 4.79 Å². The molecule has 1 aromatic carbocycles. The van der Waals surface area contributed by atoms with Gasteiger partial charge >= 0.3 is 5.69 Å². The third-order valence-corrected chi connectivity index (χ3v) is 4.89. The summed E-state index contributed by atoms with van der Waals surface area (Å²) in [5.74, 6) is -0.191. The number of nitrogens with one attached hydrogen (secondary N) is 1. The number of nitro benzene ring substituents is 1. The van der Waals surface area contributed by atoms with Crippen molar-refractivity contribution >= 4 is 23.1 Å². The van der Waals surface area contributed by atoms with E-state index in [2.05, 4.69) is 25.6 Å². The van der Waals surface area contributed by atoms with Crippen molar-refractivity contribution < 1.29 is 14.1 Å². The van der Waals surface area contributed by atoms with Crippen molar-refractivity contribution in [2.75, 3.05) is 23.3 Å². The predicted octanol–water partition coefficient (Wildman–Crippen LogP) is 1.96. The first-order valence-electron chi connectivity index (χ1n) is 9.20. The van der Waals surface area contributed by atoms with Crippen LogP contribution in [0, 0.1) is 21.8 Å². The minimum absolute atomic E-state index is 0.199. The van der Waals surface area contributed by atoms with Gasteiger partial charge in [-0.05, 0) is 37.1 Å². The number of amides is 1. The fraction of sp³-hybridized carbons (Fsp3) is 0.278.